The molecule has 1 aliphatic rings. The van der Waals surface area contributed by atoms with Crippen LogP contribution in [0.5, 0.6) is 5.75 Å². The zero-order valence-electron chi connectivity index (χ0n) is 12.7. The number of aryl methyl sites for hydroxylation is 1. The highest BCUT2D eigenvalue weighted by atomic mass is 16.5. The standard InChI is InChI=1S/C17H21NO4/c1-12-10-17(20)22-16-11-14(4-5-15(12)16)21-9-7-18(6-8-19)13-2-3-13/h4-5,10-11,13,19H,2-3,6-9H2,1H3. The van der Waals surface area contributed by atoms with Gasteiger partial charge in [-0.1, -0.05) is 0 Å². The second-order valence-electron chi connectivity index (χ2n) is 5.75. The van der Waals surface area contributed by atoms with E-state index in [-0.39, 0.29) is 12.2 Å². The minimum absolute atomic E-state index is 0.177. The molecule has 0 radical (unpaired) electrons. The fourth-order valence-corrected chi connectivity index (χ4v) is 2.72. The first-order valence-corrected chi connectivity index (χ1v) is 7.69. The van der Waals surface area contributed by atoms with Crippen LogP contribution >= 0.6 is 0 Å². The van der Waals surface area contributed by atoms with E-state index in [1.54, 1.807) is 6.07 Å². The summed E-state index contributed by atoms with van der Waals surface area (Å²) in [5.41, 5.74) is 1.11. The van der Waals surface area contributed by atoms with Crippen LogP contribution < -0.4 is 10.4 Å². The summed E-state index contributed by atoms with van der Waals surface area (Å²) in [5, 5.41) is 10.00. The van der Waals surface area contributed by atoms with Crippen LogP contribution in [0.25, 0.3) is 11.0 Å². The van der Waals surface area contributed by atoms with Crippen LogP contribution in [0.3, 0.4) is 0 Å². The molecule has 1 N–H and O–H groups in total. The lowest BCUT2D eigenvalue weighted by molar-refractivity contribution is 0.162. The van der Waals surface area contributed by atoms with Crippen LogP contribution in [0.15, 0.2) is 33.5 Å². The first kappa shape index (κ1) is 15.1. The van der Waals surface area contributed by atoms with Gasteiger partial charge in [-0.3, -0.25) is 4.90 Å². The molecule has 22 heavy (non-hydrogen) atoms. The van der Waals surface area contributed by atoms with Crippen molar-refractivity contribution >= 4 is 11.0 Å². The van der Waals surface area contributed by atoms with Gasteiger partial charge in [-0.15, -0.1) is 0 Å². The highest BCUT2D eigenvalue weighted by Gasteiger charge is 2.28. The summed E-state index contributed by atoms with van der Waals surface area (Å²) < 4.78 is 11.0. The smallest absolute Gasteiger partial charge is 0.336 e. The predicted molar refractivity (Wildman–Crippen MR) is 84.4 cm³/mol. The maximum Gasteiger partial charge on any atom is 0.336 e. The van der Waals surface area contributed by atoms with E-state index in [2.05, 4.69) is 4.90 Å². The number of aliphatic hydroxyl groups is 1. The third-order valence-corrected chi connectivity index (χ3v) is 4.02. The van der Waals surface area contributed by atoms with Crippen molar-refractivity contribution in [1.29, 1.82) is 0 Å². The molecule has 118 valence electrons. The van der Waals surface area contributed by atoms with Crippen LogP contribution in [0.4, 0.5) is 0 Å². The van der Waals surface area contributed by atoms with Crippen LogP contribution in [0, 0.1) is 6.92 Å². The zero-order chi connectivity index (χ0) is 15.5. The van der Waals surface area contributed by atoms with Gasteiger partial charge in [0.15, 0.2) is 0 Å². The van der Waals surface area contributed by atoms with E-state index < -0.39 is 0 Å². The second-order valence-corrected chi connectivity index (χ2v) is 5.75. The molecule has 1 fully saturated rings. The number of benzene rings is 1. The maximum atomic E-state index is 11.4. The molecule has 0 unspecified atom stereocenters. The zero-order valence-corrected chi connectivity index (χ0v) is 12.7. The summed E-state index contributed by atoms with van der Waals surface area (Å²) in [7, 11) is 0. The molecule has 0 aliphatic heterocycles. The Hall–Kier alpha value is -1.85. The minimum Gasteiger partial charge on any atom is -0.492 e. The first-order chi connectivity index (χ1) is 10.7. The van der Waals surface area contributed by atoms with Gasteiger partial charge in [-0.25, -0.2) is 4.79 Å². The van der Waals surface area contributed by atoms with E-state index in [1.807, 2.05) is 19.1 Å². The largest absolute Gasteiger partial charge is 0.492 e. The number of ether oxygens (including phenoxy) is 1. The summed E-state index contributed by atoms with van der Waals surface area (Å²) in [4.78, 5) is 13.7. The highest BCUT2D eigenvalue weighted by Crippen LogP contribution is 2.26. The summed E-state index contributed by atoms with van der Waals surface area (Å²) >= 11 is 0. The Bertz CT molecular complexity index is 705. The maximum absolute atomic E-state index is 11.4. The molecule has 0 amide bonds. The molecule has 1 aromatic carbocycles. The number of aliphatic hydroxyl groups excluding tert-OH is 1. The molecule has 0 saturated heterocycles. The van der Waals surface area contributed by atoms with Crippen LogP contribution in [0.1, 0.15) is 18.4 Å². The third-order valence-electron chi connectivity index (χ3n) is 4.02. The van der Waals surface area contributed by atoms with E-state index in [4.69, 9.17) is 14.3 Å². The molecule has 5 heteroatoms. The van der Waals surface area contributed by atoms with Gasteiger partial charge in [0.05, 0.1) is 6.61 Å². The average Bonchev–Trinajstić information content (AvgIpc) is 3.30. The molecular formula is C17H21NO4. The summed E-state index contributed by atoms with van der Waals surface area (Å²) in [5.74, 6) is 0.695. The molecule has 1 aliphatic carbocycles. The van der Waals surface area contributed by atoms with Crippen molar-refractivity contribution < 1.29 is 14.3 Å². The van der Waals surface area contributed by atoms with Gasteiger partial charge >= 0.3 is 5.63 Å². The fourth-order valence-electron chi connectivity index (χ4n) is 2.72. The van der Waals surface area contributed by atoms with Gasteiger partial charge in [-0.05, 0) is 37.5 Å². The van der Waals surface area contributed by atoms with Crippen molar-refractivity contribution in [2.75, 3.05) is 26.3 Å². The topological polar surface area (TPSA) is 62.9 Å². The number of rotatable bonds is 7. The predicted octanol–water partition coefficient (Wildman–Crippen LogP) is 1.94. The molecule has 5 nitrogen and oxygen atoms in total. The lowest BCUT2D eigenvalue weighted by atomic mass is 10.1. The Morgan fingerprint density at radius 2 is 2.14 bits per heavy atom. The highest BCUT2D eigenvalue weighted by molar-refractivity contribution is 5.81. The van der Waals surface area contributed by atoms with Crippen molar-refractivity contribution in [2.24, 2.45) is 0 Å². The SMILES string of the molecule is Cc1cc(=O)oc2cc(OCCN(CCO)C3CC3)ccc12. The van der Waals surface area contributed by atoms with Crippen molar-refractivity contribution in [2.45, 2.75) is 25.8 Å². The Balaban J connectivity index is 1.65. The van der Waals surface area contributed by atoms with Crippen molar-refractivity contribution in [3.63, 3.8) is 0 Å². The number of hydrogen-bond acceptors (Lipinski definition) is 5. The molecule has 1 aromatic heterocycles. The third kappa shape index (κ3) is 3.48. The Kier molecular flexibility index (Phi) is 4.45. The van der Waals surface area contributed by atoms with Crippen LogP contribution in [-0.2, 0) is 0 Å². The molecule has 0 atom stereocenters. The van der Waals surface area contributed by atoms with Gasteiger partial charge in [0.2, 0.25) is 0 Å². The quantitative estimate of drug-likeness (QED) is 0.792. The van der Waals surface area contributed by atoms with Crippen LogP contribution in [-0.4, -0.2) is 42.4 Å². The monoisotopic (exact) mass is 303 g/mol. The van der Waals surface area contributed by atoms with E-state index >= 15 is 0 Å². The van der Waals surface area contributed by atoms with Gasteiger partial charge in [0, 0.05) is 36.7 Å². The fraction of sp³-hybridized carbons (Fsp3) is 0.471. The van der Waals surface area contributed by atoms with E-state index in [0.717, 1.165) is 17.5 Å². The Labute approximate surface area is 129 Å². The van der Waals surface area contributed by atoms with Crippen molar-refractivity contribution in [3.8, 4) is 5.75 Å². The summed E-state index contributed by atoms with van der Waals surface area (Å²) in [6.07, 6.45) is 2.42. The van der Waals surface area contributed by atoms with Crippen LogP contribution in [0.2, 0.25) is 0 Å². The van der Waals surface area contributed by atoms with Gasteiger partial charge in [0.25, 0.3) is 0 Å². The molecule has 1 heterocycles. The molecule has 3 rings (SSSR count). The number of fused-ring (bicyclic) bond motifs is 1. The summed E-state index contributed by atoms with van der Waals surface area (Å²) in [6.45, 7) is 4.11. The normalized spacial score (nSPS) is 14.7. The summed E-state index contributed by atoms with van der Waals surface area (Å²) in [6, 6.07) is 7.66. The number of hydrogen-bond donors (Lipinski definition) is 1. The average molecular weight is 303 g/mol. The van der Waals surface area contributed by atoms with Gasteiger partial charge in [0.1, 0.15) is 17.9 Å². The molecule has 1 saturated carbocycles. The first-order valence-electron chi connectivity index (χ1n) is 7.69. The van der Waals surface area contributed by atoms with E-state index in [9.17, 15) is 4.79 Å². The molecule has 2 aromatic rings. The van der Waals surface area contributed by atoms with Gasteiger partial charge < -0.3 is 14.3 Å². The number of nitrogens with zero attached hydrogens (tertiary/aromatic N) is 1. The lowest BCUT2D eigenvalue weighted by Crippen LogP contribution is -2.33. The molecular weight excluding hydrogens is 282 g/mol. The second kappa shape index (κ2) is 6.50. The van der Waals surface area contributed by atoms with Crippen molar-refractivity contribution in [3.05, 3.63) is 40.2 Å². The molecule has 0 bridgehead atoms. The Morgan fingerprint density at radius 3 is 2.86 bits per heavy atom. The molecule has 0 spiro atoms. The van der Waals surface area contributed by atoms with Gasteiger partial charge in [-0.2, -0.15) is 0 Å². The van der Waals surface area contributed by atoms with Crippen molar-refractivity contribution in [1.82, 2.24) is 4.90 Å². The minimum atomic E-state index is -0.343. The van der Waals surface area contributed by atoms with E-state index in [0.29, 0.717) is 30.5 Å². The Morgan fingerprint density at radius 1 is 1.32 bits per heavy atom. The van der Waals surface area contributed by atoms with E-state index in [1.165, 1.54) is 18.9 Å². The lowest BCUT2D eigenvalue weighted by Gasteiger charge is -2.20.